The Morgan fingerprint density at radius 2 is 2.04 bits per heavy atom. The number of carboxylic acid groups (broad SMARTS) is 1. The molecule has 2 aromatic rings. The van der Waals surface area contributed by atoms with E-state index in [0.717, 1.165) is 16.3 Å². The van der Waals surface area contributed by atoms with E-state index < -0.39 is 29.0 Å². The normalized spacial score (nSPS) is 34.7. The Morgan fingerprint density at radius 1 is 1.27 bits per heavy atom. The Balaban J connectivity index is 1.49. The Morgan fingerprint density at radius 3 is 2.81 bits per heavy atom. The molecule has 5 heteroatoms. The van der Waals surface area contributed by atoms with Gasteiger partial charge in [0.15, 0.2) is 0 Å². The van der Waals surface area contributed by atoms with Crippen molar-refractivity contribution in [1.82, 2.24) is 4.90 Å². The third-order valence-electron chi connectivity index (χ3n) is 6.34. The number of fused-ring (bicyclic) bond motifs is 2. The van der Waals surface area contributed by atoms with Crippen LogP contribution in [0, 0.1) is 11.3 Å². The van der Waals surface area contributed by atoms with Crippen LogP contribution in [0.15, 0.2) is 54.6 Å². The Hall–Kier alpha value is -2.66. The summed E-state index contributed by atoms with van der Waals surface area (Å²) in [5.41, 5.74) is -0.841. The zero-order valence-corrected chi connectivity index (χ0v) is 14.4. The van der Waals surface area contributed by atoms with Crippen molar-refractivity contribution in [3.8, 4) is 0 Å². The number of amides is 1. The number of carbonyl (C=O) groups is 2. The molecule has 0 unspecified atom stereocenters. The number of rotatable bonds is 3. The van der Waals surface area contributed by atoms with E-state index in [1.54, 1.807) is 17.9 Å². The summed E-state index contributed by atoms with van der Waals surface area (Å²) < 4.78 is 6.01. The summed E-state index contributed by atoms with van der Waals surface area (Å²) >= 11 is 0. The van der Waals surface area contributed by atoms with E-state index in [9.17, 15) is 14.7 Å². The Kier molecular flexibility index (Phi) is 2.97. The highest BCUT2D eigenvalue weighted by molar-refractivity contribution is 5.94. The summed E-state index contributed by atoms with van der Waals surface area (Å²) in [7, 11) is 0. The van der Waals surface area contributed by atoms with Gasteiger partial charge in [-0.25, -0.2) is 0 Å². The molecule has 2 aromatic carbocycles. The number of likely N-dealkylation sites (tertiary alicyclic amines) is 1. The molecule has 3 heterocycles. The first-order valence-corrected chi connectivity index (χ1v) is 8.82. The summed E-state index contributed by atoms with van der Waals surface area (Å²) in [5.74, 6) is -1.93. The zero-order valence-electron chi connectivity index (χ0n) is 14.4. The smallest absolute Gasteiger partial charge is 0.310 e. The van der Waals surface area contributed by atoms with Gasteiger partial charge >= 0.3 is 5.97 Å². The van der Waals surface area contributed by atoms with Crippen molar-refractivity contribution in [1.29, 1.82) is 0 Å². The molecule has 0 saturated carbocycles. The molecule has 5 rings (SSSR count). The Labute approximate surface area is 150 Å². The monoisotopic (exact) mass is 349 g/mol. The summed E-state index contributed by atoms with van der Waals surface area (Å²) in [4.78, 5) is 26.8. The third-order valence-corrected chi connectivity index (χ3v) is 6.34. The average molecular weight is 349 g/mol. The van der Waals surface area contributed by atoms with Gasteiger partial charge in [0.1, 0.15) is 11.5 Å². The standard InChI is InChI=1S/C21H19NO4/c1-20-17(18(23)24)16-8-9-21(20,26-16)12-22(19(20)25)11-13-6-7-14-4-2-3-5-15(14)10-13/h2-10,16-17H,11-12H2,1H3,(H,23,24)/t16-,17-,20-,21-/m0/s1. The van der Waals surface area contributed by atoms with Crippen molar-refractivity contribution in [2.75, 3.05) is 6.54 Å². The van der Waals surface area contributed by atoms with Crippen LogP contribution in [0.4, 0.5) is 0 Å². The first kappa shape index (κ1) is 15.6. The third kappa shape index (κ3) is 1.78. The van der Waals surface area contributed by atoms with E-state index >= 15 is 0 Å². The van der Waals surface area contributed by atoms with Gasteiger partial charge in [-0.05, 0) is 29.3 Å². The molecule has 26 heavy (non-hydrogen) atoms. The fourth-order valence-corrected chi connectivity index (χ4v) is 4.96. The van der Waals surface area contributed by atoms with Crippen LogP contribution in [-0.2, 0) is 20.9 Å². The summed E-state index contributed by atoms with van der Waals surface area (Å²) in [6.07, 6.45) is 3.19. The van der Waals surface area contributed by atoms with Crippen molar-refractivity contribution in [2.24, 2.45) is 11.3 Å². The maximum Gasteiger partial charge on any atom is 0.310 e. The molecular weight excluding hydrogens is 330 g/mol. The summed E-state index contributed by atoms with van der Waals surface area (Å²) in [6, 6.07) is 14.2. The minimum absolute atomic E-state index is 0.134. The molecule has 1 spiro atoms. The highest BCUT2D eigenvalue weighted by Gasteiger charge is 2.74. The van der Waals surface area contributed by atoms with Crippen molar-refractivity contribution in [3.63, 3.8) is 0 Å². The van der Waals surface area contributed by atoms with E-state index in [4.69, 9.17) is 4.74 Å². The number of carbonyl (C=O) groups excluding carboxylic acids is 1. The molecule has 2 fully saturated rings. The van der Waals surface area contributed by atoms with Gasteiger partial charge in [0.2, 0.25) is 5.91 Å². The molecule has 0 aliphatic carbocycles. The predicted molar refractivity (Wildman–Crippen MR) is 95.3 cm³/mol. The second kappa shape index (κ2) is 4.95. The molecule has 1 amide bonds. The van der Waals surface area contributed by atoms with Crippen LogP contribution in [0.2, 0.25) is 0 Å². The van der Waals surface area contributed by atoms with E-state index in [0.29, 0.717) is 13.1 Å². The first-order chi connectivity index (χ1) is 12.4. The molecule has 2 saturated heterocycles. The lowest BCUT2D eigenvalue weighted by Gasteiger charge is -2.32. The SMILES string of the molecule is C[C@]12C(=O)N(Cc3ccc4ccccc4c3)C[C@@]13C=C[C@H](O3)[C@H]2C(=O)O. The average Bonchev–Trinajstić information content (AvgIpc) is 3.20. The lowest BCUT2D eigenvalue weighted by Crippen LogP contribution is -2.49. The molecule has 132 valence electrons. The number of carboxylic acids is 1. The number of nitrogens with zero attached hydrogens (tertiary/aromatic N) is 1. The van der Waals surface area contributed by atoms with E-state index in [1.807, 2.05) is 36.4 Å². The van der Waals surface area contributed by atoms with Crippen molar-refractivity contribution in [3.05, 3.63) is 60.2 Å². The predicted octanol–water partition coefficient (Wildman–Crippen LogP) is 2.60. The van der Waals surface area contributed by atoms with Gasteiger partial charge < -0.3 is 14.7 Å². The minimum atomic E-state index is -1.05. The molecule has 0 aromatic heterocycles. The summed E-state index contributed by atoms with van der Waals surface area (Å²) in [5, 5.41) is 12.0. The number of hydrogen-bond acceptors (Lipinski definition) is 3. The fraction of sp³-hybridized carbons (Fsp3) is 0.333. The van der Waals surface area contributed by atoms with Gasteiger partial charge in [-0.2, -0.15) is 0 Å². The molecule has 3 aliphatic heterocycles. The largest absolute Gasteiger partial charge is 0.481 e. The van der Waals surface area contributed by atoms with Crippen molar-refractivity contribution in [2.45, 2.75) is 25.2 Å². The second-order valence-electron chi connectivity index (χ2n) is 7.69. The van der Waals surface area contributed by atoms with E-state index in [1.165, 1.54) is 0 Å². The van der Waals surface area contributed by atoms with Crippen LogP contribution < -0.4 is 0 Å². The van der Waals surface area contributed by atoms with Gasteiger partial charge in [-0.3, -0.25) is 9.59 Å². The highest BCUT2D eigenvalue weighted by atomic mass is 16.5. The molecular formula is C21H19NO4. The maximum absolute atomic E-state index is 13.2. The molecule has 5 nitrogen and oxygen atoms in total. The van der Waals surface area contributed by atoms with Crippen LogP contribution in [0.1, 0.15) is 12.5 Å². The van der Waals surface area contributed by atoms with Gasteiger partial charge in [0.05, 0.1) is 18.1 Å². The van der Waals surface area contributed by atoms with Crippen LogP contribution in [0.5, 0.6) is 0 Å². The van der Waals surface area contributed by atoms with Crippen LogP contribution >= 0.6 is 0 Å². The first-order valence-electron chi connectivity index (χ1n) is 8.82. The van der Waals surface area contributed by atoms with Gasteiger partial charge in [0, 0.05) is 6.54 Å². The van der Waals surface area contributed by atoms with Gasteiger partial charge in [0.25, 0.3) is 0 Å². The molecule has 4 atom stereocenters. The molecule has 0 radical (unpaired) electrons. The van der Waals surface area contributed by atoms with Gasteiger partial charge in [-0.15, -0.1) is 0 Å². The molecule has 2 bridgehead atoms. The fourth-order valence-electron chi connectivity index (χ4n) is 4.96. The minimum Gasteiger partial charge on any atom is -0.481 e. The lowest BCUT2D eigenvalue weighted by molar-refractivity contribution is -0.152. The van der Waals surface area contributed by atoms with Crippen LogP contribution in [0.3, 0.4) is 0 Å². The number of benzene rings is 2. The Bertz CT molecular complexity index is 983. The van der Waals surface area contributed by atoms with E-state index in [2.05, 4.69) is 12.1 Å². The zero-order chi connectivity index (χ0) is 18.1. The van der Waals surface area contributed by atoms with Gasteiger partial charge in [-0.1, -0.05) is 48.6 Å². The summed E-state index contributed by atoms with van der Waals surface area (Å²) in [6.45, 7) is 2.60. The number of ether oxygens (including phenoxy) is 1. The number of hydrogen-bond donors (Lipinski definition) is 1. The topological polar surface area (TPSA) is 66.8 Å². The number of aliphatic carboxylic acids is 1. The highest BCUT2D eigenvalue weighted by Crippen LogP contribution is 2.60. The molecule has 3 aliphatic rings. The maximum atomic E-state index is 13.2. The van der Waals surface area contributed by atoms with Crippen LogP contribution in [-0.4, -0.2) is 40.1 Å². The second-order valence-corrected chi connectivity index (χ2v) is 7.69. The molecule has 1 N–H and O–H groups in total. The van der Waals surface area contributed by atoms with Crippen LogP contribution in [0.25, 0.3) is 10.8 Å². The lowest BCUT2D eigenvalue weighted by atomic mass is 9.65. The van der Waals surface area contributed by atoms with Crippen molar-refractivity contribution >= 4 is 22.6 Å². The quantitative estimate of drug-likeness (QED) is 0.865. The van der Waals surface area contributed by atoms with E-state index in [-0.39, 0.29) is 5.91 Å². The van der Waals surface area contributed by atoms with Crippen molar-refractivity contribution < 1.29 is 19.4 Å².